The van der Waals surface area contributed by atoms with Crippen LogP contribution in [0, 0.1) is 0 Å². The molecule has 90 valence electrons. The van der Waals surface area contributed by atoms with E-state index in [1.165, 1.54) is 5.57 Å². The van der Waals surface area contributed by atoms with Crippen molar-refractivity contribution >= 4 is 5.91 Å². The Morgan fingerprint density at radius 3 is 2.62 bits per heavy atom. The van der Waals surface area contributed by atoms with E-state index in [1.54, 1.807) is 0 Å². The number of hydrogen-bond acceptors (Lipinski definition) is 3. The van der Waals surface area contributed by atoms with Crippen LogP contribution in [0.2, 0.25) is 0 Å². The van der Waals surface area contributed by atoms with Gasteiger partial charge in [-0.15, -0.1) is 0 Å². The van der Waals surface area contributed by atoms with Crippen molar-refractivity contribution in [3.05, 3.63) is 11.1 Å². The minimum absolute atomic E-state index is 0.152. The summed E-state index contributed by atoms with van der Waals surface area (Å²) in [5.41, 5.74) is 2.14. The Hall–Kier alpha value is -0.870. The summed E-state index contributed by atoms with van der Waals surface area (Å²) in [6.07, 6.45) is 1.11. The van der Waals surface area contributed by atoms with Crippen molar-refractivity contribution < 1.29 is 9.53 Å². The maximum absolute atomic E-state index is 12.2. The molecular weight excluding hydrogens is 204 g/mol. The van der Waals surface area contributed by atoms with Crippen molar-refractivity contribution in [1.29, 1.82) is 0 Å². The predicted octanol–water partition coefficient (Wildman–Crippen LogP) is 0.542. The Morgan fingerprint density at radius 2 is 2.19 bits per heavy atom. The average molecular weight is 224 g/mol. The van der Waals surface area contributed by atoms with Crippen LogP contribution in [0.5, 0.6) is 0 Å². The number of nitrogens with one attached hydrogen (secondary N) is 1. The molecule has 2 unspecified atom stereocenters. The van der Waals surface area contributed by atoms with Crippen LogP contribution in [0.4, 0.5) is 0 Å². The van der Waals surface area contributed by atoms with Crippen LogP contribution < -0.4 is 5.32 Å². The molecule has 0 saturated carbocycles. The molecule has 2 heterocycles. The summed E-state index contributed by atoms with van der Waals surface area (Å²) in [6.45, 7) is 6.45. The highest BCUT2D eigenvalue weighted by atomic mass is 16.5. The maximum atomic E-state index is 12.2. The standard InChI is InChI=1S/C12H20N2O2/c1-8(10-6-13-7-10)12(15)14(3)11-4-5-16-9(11)2/h9,11,13H,4-7H2,1-3H3. The summed E-state index contributed by atoms with van der Waals surface area (Å²) >= 11 is 0. The summed E-state index contributed by atoms with van der Waals surface area (Å²) in [4.78, 5) is 14.0. The normalized spacial score (nSPS) is 28.8. The lowest BCUT2D eigenvalue weighted by molar-refractivity contribution is -0.128. The van der Waals surface area contributed by atoms with Crippen molar-refractivity contribution in [2.24, 2.45) is 0 Å². The minimum atomic E-state index is 0.152. The van der Waals surface area contributed by atoms with Gasteiger partial charge >= 0.3 is 0 Å². The summed E-state index contributed by atoms with van der Waals surface area (Å²) in [5, 5.41) is 3.16. The van der Waals surface area contributed by atoms with E-state index in [9.17, 15) is 4.79 Å². The van der Waals surface area contributed by atoms with E-state index in [0.29, 0.717) is 0 Å². The van der Waals surface area contributed by atoms with Gasteiger partial charge in [-0.25, -0.2) is 0 Å². The summed E-state index contributed by atoms with van der Waals surface area (Å²) in [7, 11) is 1.88. The highest BCUT2D eigenvalue weighted by molar-refractivity contribution is 5.94. The van der Waals surface area contributed by atoms with Crippen molar-refractivity contribution in [2.75, 3.05) is 26.7 Å². The van der Waals surface area contributed by atoms with E-state index >= 15 is 0 Å². The molecule has 1 N–H and O–H groups in total. The minimum Gasteiger partial charge on any atom is -0.376 e. The number of ether oxygens (including phenoxy) is 1. The molecule has 16 heavy (non-hydrogen) atoms. The summed E-state index contributed by atoms with van der Waals surface area (Å²) in [6, 6.07) is 0.232. The monoisotopic (exact) mass is 224 g/mol. The van der Waals surface area contributed by atoms with Gasteiger partial charge in [0.05, 0.1) is 12.1 Å². The van der Waals surface area contributed by atoms with Gasteiger partial charge in [0.15, 0.2) is 0 Å². The second kappa shape index (κ2) is 4.55. The molecule has 4 nitrogen and oxygen atoms in total. The Balaban J connectivity index is 2.04. The van der Waals surface area contributed by atoms with Crippen LogP contribution in [0.3, 0.4) is 0 Å². The molecule has 0 bridgehead atoms. The van der Waals surface area contributed by atoms with Crippen molar-refractivity contribution in [3.8, 4) is 0 Å². The second-order valence-corrected chi connectivity index (χ2v) is 4.68. The average Bonchev–Trinajstić information content (AvgIpc) is 2.59. The molecule has 0 radical (unpaired) electrons. The predicted molar refractivity (Wildman–Crippen MR) is 62.2 cm³/mol. The molecule has 0 aromatic carbocycles. The molecule has 1 amide bonds. The van der Waals surface area contributed by atoms with Gasteiger partial charge < -0.3 is 15.0 Å². The first kappa shape index (κ1) is 11.6. The number of hydrogen-bond donors (Lipinski definition) is 1. The van der Waals surface area contributed by atoms with Gasteiger partial charge in [-0.3, -0.25) is 4.79 Å². The van der Waals surface area contributed by atoms with Crippen molar-refractivity contribution in [1.82, 2.24) is 10.2 Å². The smallest absolute Gasteiger partial charge is 0.249 e. The highest BCUT2D eigenvalue weighted by Gasteiger charge is 2.31. The first-order valence-electron chi connectivity index (χ1n) is 5.89. The van der Waals surface area contributed by atoms with Crippen LogP contribution in [0.15, 0.2) is 11.1 Å². The maximum Gasteiger partial charge on any atom is 0.249 e. The second-order valence-electron chi connectivity index (χ2n) is 4.68. The molecule has 0 aliphatic carbocycles. The molecule has 2 fully saturated rings. The third-order valence-corrected chi connectivity index (χ3v) is 3.68. The highest BCUT2D eigenvalue weighted by Crippen LogP contribution is 2.21. The number of nitrogens with zero attached hydrogens (tertiary/aromatic N) is 1. The fourth-order valence-electron chi connectivity index (χ4n) is 2.31. The zero-order valence-corrected chi connectivity index (χ0v) is 10.2. The molecule has 2 rings (SSSR count). The first-order valence-corrected chi connectivity index (χ1v) is 5.89. The van der Waals surface area contributed by atoms with E-state index < -0.39 is 0 Å². The lowest BCUT2D eigenvalue weighted by Crippen LogP contribution is -2.43. The molecule has 2 aliphatic heterocycles. The zero-order chi connectivity index (χ0) is 11.7. The molecule has 2 aliphatic rings. The van der Waals surface area contributed by atoms with Gasteiger partial charge in [0.1, 0.15) is 0 Å². The van der Waals surface area contributed by atoms with E-state index in [2.05, 4.69) is 5.32 Å². The zero-order valence-electron chi connectivity index (χ0n) is 10.2. The Labute approximate surface area is 96.6 Å². The lowest BCUT2D eigenvalue weighted by atomic mass is 10.0. The van der Waals surface area contributed by atoms with Crippen molar-refractivity contribution in [3.63, 3.8) is 0 Å². The Morgan fingerprint density at radius 1 is 1.50 bits per heavy atom. The van der Waals surface area contributed by atoms with Gasteiger partial charge in [0.25, 0.3) is 0 Å². The molecule has 2 saturated heterocycles. The van der Waals surface area contributed by atoms with E-state index in [1.807, 2.05) is 25.8 Å². The van der Waals surface area contributed by atoms with E-state index in [-0.39, 0.29) is 18.1 Å². The van der Waals surface area contributed by atoms with Gasteiger partial charge in [-0.1, -0.05) is 0 Å². The van der Waals surface area contributed by atoms with E-state index in [0.717, 1.165) is 31.7 Å². The molecule has 0 aromatic heterocycles. The summed E-state index contributed by atoms with van der Waals surface area (Å²) < 4.78 is 5.49. The topological polar surface area (TPSA) is 41.6 Å². The van der Waals surface area contributed by atoms with Gasteiger partial charge in [-0.05, 0) is 25.8 Å². The molecule has 4 heteroatoms. The van der Waals surface area contributed by atoms with Gasteiger partial charge in [0.2, 0.25) is 5.91 Å². The fraction of sp³-hybridized carbons (Fsp3) is 0.750. The quantitative estimate of drug-likeness (QED) is 0.696. The molecular formula is C12H20N2O2. The summed E-state index contributed by atoms with van der Waals surface area (Å²) in [5.74, 6) is 0.152. The Bertz CT molecular complexity index is 319. The van der Waals surface area contributed by atoms with Gasteiger partial charge in [0, 0.05) is 32.3 Å². The number of carbonyl (C=O) groups is 1. The number of likely N-dealkylation sites (N-methyl/N-ethyl adjacent to an activating group) is 1. The van der Waals surface area contributed by atoms with Crippen molar-refractivity contribution in [2.45, 2.75) is 32.4 Å². The van der Waals surface area contributed by atoms with Crippen LogP contribution in [-0.4, -0.2) is 49.7 Å². The SMILES string of the molecule is CC(C(=O)N(C)C1CCOC1C)=C1CNC1. The van der Waals surface area contributed by atoms with Gasteiger partial charge in [-0.2, -0.15) is 0 Å². The van der Waals surface area contributed by atoms with Crippen LogP contribution >= 0.6 is 0 Å². The Kier molecular flexibility index (Phi) is 3.30. The molecule has 0 spiro atoms. The first-order chi connectivity index (χ1) is 7.61. The van der Waals surface area contributed by atoms with Crippen LogP contribution in [0.1, 0.15) is 20.3 Å². The number of carbonyl (C=O) groups excluding carboxylic acids is 1. The van der Waals surface area contributed by atoms with Crippen LogP contribution in [-0.2, 0) is 9.53 Å². The van der Waals surface area contributed by atoms with E-state index in [4.69, 9.17) is 4.74 Å². The largest absolute Gasteiger partial charge is 0.376 e. The third-order valence-electron chi connectivity index (χ3n) is 3.68. The van der Waals surface area contributed by atoms with Crippen LogP contribution in [0.25, 0.3) is 0 Å². The molecule has 2 atom stereocenters. The molecule has 0 aromatic rings. The lowest BCUT2D eigenvalue weighted by Gasteiger charge is -2.29. The number of amides is 1. The number of rotatable bonds is 2. The fourth-order valence-corrected chi connectivity index (χ4v) is 2.31. The third kappa shape index (κ3) is 1.99.